The number of nitrogen functional groups attached to an aromatic ring is 1. The Kier molecular flexibility index (Phi) is 3.28. The van der Waals surface area contributed by atoms with Crippen molar-refractivity contribution in [3.63, 3.8) is 0 Å². The van der Waals surface area contributed by atoms with Crippen LogP contribution in [0.25, 0.3) is 22.4 Å². The maximum absolute atomic E-state index is 5.92. The Morgan fingerprint density at radius 3 is 2.68 bits per heavy atom. The molecule has 6 heteroatoms. The zero-order chi connectivity index (χ0) is 13.6. The molecular weight excluding hydrogens is 393 g/mol. The number of nitrogens with zero attached hydrogens (tertiary/aromatic N) is 1. The van der Waals surface area contributed by atoms with E-state index in [1.54, 1.807) is 6.07 Å². The van der Waals surface area contributed by atoms with E-state index in [1.807, 2.05) is 24.3 Å². The van der Waals surface area contributed by atoms with Crippen molar-refractivity contribution in [2.75, 3.05) is 5.73 Å². The number of aromatic nitrogens is 2. The van der Waals surface area contributed by atoms with Gasteiger partial charge in [-0.15, -0.1) is 0 Å². The van der Waals surface area contributed by atoms with Gasteiger partial charge in [-0.1, -0.05) is 27.5 Å². The van der Waals surface area contributed by atoms with Crippen LogP contribution < -0.4 is 5.73 Å². The zero-order valence-electron chi connectivity index (χ0n) is 9.55. The number of H-pyrrole nitrogens is 1. The fourth-order valence-electron chi connectivity index (χ4n) is 1.87. The van der Waals surface area contributed by atoms with Crippen molar-refractivity contribution in [2.24, 2.45) is 0 Å². The third kappa shape index (κ3) is 2.38. The van der Waals surface area contributed by atoms with Gasteiger partial charge in [0.25, 0.3) is 0 Å². The van der Waals surface area contributed by atoms with Crippen LogP contribution >= 0.6 is 43.5 Å². The molecule has 1 heterocycles. The average molecular weight is 401 g/mol. The molecule has 3 aromatic rings. The summed E-state index contributed by atoms with van der Waals surface area (Å²) < 4.78 is 1.92. The molecule has 19 heavy (non-hydrogen) atoms. The first-order chi connectivity index (χ1) is 9.04. The average Bonchev–Trinajstić information content (AvgIpc) is 2.76. The Bertz CT molecular complexity index is 783. The summed E-state index contributed by atoms with van der Waals surface area (Å²) >= 11 is 12.9. The topological polar surface area (TPSA) is 54.7 Å². The molecule has 0 aliphatic heterocycles. The lowest BCUT2D eigenvalue weighted by Crippen LogP contribution is -1.88. The molecule has 96 valence electrons. The Balaban J connectivity index is 2.20. The summed E-state index contributed by atoms with van der Waals surface area (Å²) in [6.07, 6.45) is 0. The van der Waals surface area contributed by atoms with E-state index < -0.39 is 0 Å². The fraction of sp³-hybridized carbons (Fsp3) is 0. The van der Waals surface area contributed by atoms with Crippen LogP contribution in [0.1, 0.15) is 0 Å². The number of aromatic amines is 1. The Labute approximate surface area is 131 Å². The molecule has 3 N–H and O–H groups in total. The van der Waals surface area contributed by atoms with Gasteiger partial charge in [-0.25, -0.2) is 4.98 Å². The minimum Gasteiger partial charge on any atom is -0.398 e. The maximum atomic E-state index is 5.92. The highest BCUT2D eigenvalue weighted by Gasteiger charge is 2.10. The minimum absolute atomic E-state index is 0.542. The minimum atomic E-state index is 0.542. The van der Waals surface area contributed by atoms with Gasteiger partial charge in [-0.3, -0.25) is 0 Å². The highest BCUT2D eigenvalue weighted by atomic mass is 79.9. The van der Waals surface area contributed by atoms with Gasteiger partial charge in [-0.2, -0.15) is 0 Å². The van der Waals surface area contributed by atoms with E-state index in [1.165, 1.54) is 0 Å². The quantitative estimate of drug-likeness (QED) is 0.565. The van der Waals surface area contributed by atoms with Gasteiger partial charge in [0, 0.05) is 14.5 Å². The lowest BCUT2D eigenvalue weighted by molar-refractivity contribution is 1.33. The second-order valence-corrected chi connectivity index (χ2v) is 6.28. The van der Waals surface area contributed by atoms with Crippen LogP contribution in [-0.2, 0) is 0 Å². The lowest BCUT2D eigenvalue weighted by atomic mass is 10.2. The van der Waals surface area contributed by atoms with E-state index in [4.69, 9.17) is 17.3 Å². The second-order valence-electron chi connectivity index (χ2n) is 4.11. The van der Waals surface area contributed by atoms with Crippen molar-refractivity contribution < 1.29 is 0 Å². The number of rotatable bonds is 1. The highest BCUT2D eigenvalue weighted by Crippen LogP contribution is 2.31. The number of imidazole rings is 1. The summed E-state index contributed by atoms with van der Waals surface area (Å²) in [5.41, 5.74) is 9.09. The predicted octanol–water partition coefficient (Wildman–Crippen LogP) is 4.99. The smallest absolute Gasteiger partial charge is 0.138 e. The third-order valence-electron chi connectivity index (χ3n) is 2.77. The van der Waals surface area contributed by atoms with Crippen LogP contribution in [0.5, 0.6) is 0 Å². The molecular formula is C13H8Br2ClN3. The van der Waals surface area contributed by atoms with E-state index >= 15 is 0 Å². The summed E-state index contributed by atoms with van der Waals surface area (Å²) in [4.78, 5) is 7.84. The first-order valence-electron chi connectivity index (χ1n) is 5.45. The van der Waals surface area contributed by atoms with Gasteiger partial charge >= 0.3 is 0 Å². The Hall–Kier alpha value is -1.04. The van der Waals surface area contributed by atoms with Crippen LogP contribution in [0.3, 0.4) is 0 Å². The lowest BCUT2D eigenvalue weighted by Gasteiger charge is -2.00. The number of fused-ring (bicyclic) bond motifs is 1. The number of nitrogens with two attached hydrogens (primary N) is 1. The summed E-state index contributed by atoms with van der Waals surface area (Å²) in [5.74, 6) is 0.761. The number of benzene rings is 2. The number of hydrogen-bond acceptors (Lipinski definition) is 2. The Morgan fingerprint density at radius 1 is 1.16 bits per heavy atom. The van der Waals surface area contributed by atoms with E-state index in [-0.39, 0.29) is 0 Å². The molecule has 3 rings (SSSR count). The van der Waals surface area contributed by atoms with Crippen molar-refractivity contribution in [3.8, 4) is 11.4 Å². The second kappa shape index (κ2) is 4.81. The molecule has 0 saturated carbocycles. The molecule has 0 fully saturated rings. The summed E-state index contributed by atoms with van der Waals surface area (Å²) in [6.45, 7) is 0. The summed E-state index contributed by atoms with van der Waals surface area (Å²) in [7, 11) is 0. The SMILES string of the molecule is Nc1cc(-c2nc3c(Br)cc(Br)cc3[nH]2)ccc1Cl. The molecule has 0 aliphatic carbocycles. The molecule has 0 amide bonds. The maximum Gasteiger partial charge on any atom is 0.138 e. The van der Waals surface area contributed by atoms with Crippen LogP contribution in [0, 0.1) is 0 Å². The first-order valence-corrected chi connectivity index (χ1v) is 7.41. The monoisotopic (exact) mass is 399 g/mol. The molecule has 0 spiro atoms. The van der Waals surface area contributed by atoms with Crippen molar-refractivity contribution in [3.05, 3.63) is 44.3 Å². The standard InChI is InChI=1S/C13H8Br2ClN3/c14-7-4-8(15)12-11(5-7)18-13(19-12)6-1-2-9(16)10(17)3-6/h1-5H,17H2,(H,18,19). The van der Waals surface area contributed by atoms with Gasteiger partial charge in [0.05, 0.1) is 16.2 Å². The van der Waals surface area contributed by atoms with Crippen LogP contribution in [-0.4, -0.2) is 9.97 Å². The molecule has 0 aliphatic rings. The highest BCUT2D eigenvalue weighted by molar-refractivity contribution is 9.11. The van der Waals surface area contributed by atoms with Gasteiger partial charge in [-0.05, 0) is 46.3 Å². The van der Waals surface area contributed by atoms with Gasteiger partial charge in [0.15, 0.2) is 0 Å². The summed E-state index contributed by atoms with van der Waals surface area (Å²) in [5, 5.41) is 0.545. The van der Waals surface area contributed by atoms with Gasteiger partial charge in [0.2, 0.25) is 0 Å². The molecule has 0 radical (unpaired) electrons. The normalized spacial score (nSPS) is 11.1. The molecule has 3 nitrogen and oxygen atoms in total. The fourth-order valence-corrected chi connectivity index (χ4v) is 3.30. The van der Waals surface area contributed by atoms with Crippen molar-refractivity contribution in [2.45, 2.75) is 0 Å². The predicted molar refractivity (Wildman–Crippen MR) is 86.4 cm³/mol. The first kappa shape index (κ1) is 13.0. The number of halogens is 3. The summed E-state index contributed by atoms with van der Waals surface area (Å²) in [6, 6.07) is 9.41. The van der Waals surface area contributed by atoms with Gasteiger partial charge in [0.1, 0.15) is 11.3 Å². The molecule has 0 atom stereocenters. The largest absolute Gasteiger partial charge is 0.398 e. The van der Waals surface area contributed by atoms with E-state index in [9.17, 15) is 0 Å². The van der Waals surface area contributed by atoms with Crippen molar-refractivity contribution in [1.82, 2.24) is 9.97 Å². The molecule has 0 bridgehead atoms. The van der Waals surface area contributed by atoms with Crippen LogP contribution in [0.15, 0.2) is 39.3 Å². The molecule has 2 aromatic carbocycles. The van der Waals surface area contributed by atoms with Crippen molar-refractivity contribution >= 4 is 60.2 Å². The van der Waals surface area contributed by atoms with E-state index in [2.05, 4.69) is 41.8 Å². The van der Waals surface area contributed by atoms with E-state index in [0.29, 0.717) is 10.7 Å². The van der Waals surface area contributed by atoms with E-state index in [0.717, 1.165) is 31.4 Å². The van der Waals surface area contributed by atoms with Crippen molar-refractivity contribution in [1.29, 1.82) is 0 Å². The molecule has 0 unspecified atom stereocenters. The zero-order valence-corrected chi connectivity index (χ0v) is 13.5. The Morgan fingerprint density at radius 2 is 1.95 bits per heavy atom. The van der Waals surface area contributed by atoms with Gasteiger partial charge < -0.3 is 10.7 Å². The van der Waals surface area contributed by atoms with Crippen LogP contribution in [0.4, 0.5) is 5.69 Å². The molecule has 0 saturated heterocycles. The number of hydrogen-bond donors (Lipinski definition) is 2. The number of nitrogens with one attached hydrogen (secondary N) is 1. The van der Waals surface area contributed by atoms with Crippen LogP contribution in [0.2, 0.25) is 5.02 Å². The third-order valence-corrected chi connectivity index (χ3v) is 4.18. The number of anilines is 1. The molecule has 1 aromatic heterocycles.